The second-order valence-corrected chi connectivity index (χ2v) is 7.21. The number of carbonyl (C=O) groups is 1. The van der Waals surface area contributed by atoms with E-state index in [0.29, 0.717) is 23.1 Å². The van der Waals surface area contributed by atoms with Crippen molar-refractivity contribution in [1.82, 2.24) is 5.43 Å². The topological polar surface area (TPSA) is 59.9 Å². The number of benzene rings is 2. The van der Waals surface area contributed by atoms with Crippen LogP contribution >= 0.6 is 23.4 Å². The molecule has 7 heteroatoms. The summed E-state index contributed by atoms with van der Waals surface area (Å²) in [4.78, 5) is 13.3. The lowest BCUT2D eigenvalue weighted by Gasteiger charge is -2.11. The quantitative estimate of drug-likeness (QED) is 0.377. The number of hydrogen-bond donors (Lipinski definition) is 1. The molecule has 0 unspecified atom stereocenters. The molecular formula is C20H23ClN2O3S. The predicted octanol–water partition coefficient (Wildman–Crippen LogP) is 4.55. The molecule has 0 radical (unpaired) electrons. The van der Waals surface area contributed by atoms with Crippen LogP contribution < -0.4 is 14.9 Å². The second kappa shape index (κ2) is 10.8. The number of thioether (sulfide) groups is 1. The predicted molar refractivity (Wildman–Crippen MR) is 111 cm³/mol. The fraction of sp³-hybridized carbons (Fsp3) is 0.300. The van der Waals surface area contributed by atoms with Crippen molar-refractivity contribution in [3.8, 4) is 11.5 Å². The molecule has 0 atom stereocenters. The first kappa shape index (κ1) is 21.1. The molecule has 1 N–H and O–H groups in total. The van der Waals surface area contributed by atoms with Gasteiger partial charge in [-0.05, 0) is 48.6 Å². The molecule has 0 fully saturated rings. The van der Waals surface area contributed by atoms with Gasteiger partial charge in [-0.3, -0.25) is 4.79 Å². The Morgan fingerprint density at radius 1 is 1.30 bits per heavy atom. The Hall–Kier alpha value is -2.18. The molecule has 0 saturated carbocycles. The molecule has 0 aliphatic heterocycles. The van der Waals surface area contributed by atoms with Crippen molar-refractivity contribution in [2.24, 2.45) is 5.10 Å². The first-order valence-electron chi connectivity index (χ1n) is 8.61. The molecule has 27 heavy (non-hydrogen) atoms. The van der Waals surface area contributed by atoms with E-state index in [2.05, 4.69) is 17.5 Å². The Labute approximate surface area is 169 Å². The molecule has 0 spiro atoms. The maximum Gasteiger partial charge on any atom is 0.244 e. The molecule has 0 bridgehead atoms. The van der Waals surface area contributed by atoms with Gasteiger partial charge in [0.15, 0.2) is 11.5 Å². The Bertz CT molecular complexity index is 812. The average Bonchev–Trinajstić information content (AvgIpc) is 2.65. The molecule has 0 aliphatic carbocycles. The van der Waals surface area contributed by atoms with Crippen molar-refractivity contribution < 1.29 is 14.3 Å². The van der Waals surface area contributed by atoms with Gasteiger partial charge in [0.2, 0.25) is 5.91 Å². The summed E-state index contributed by atoms with van der Waals surface area (Å²) in [5, 5.41) is 4.66. The highest BCUT2D eigenvalue weighted by Crippen LogP contribution is 2.30. The van der Waals surface area contributed by atoms with Crippen LogP contribution in [0.1, 0.15) is 25.0 Å². The van der Waals surface area contributed by atoms with E-state index >= 15 is 0 Å². The van der Waals surface area contributed by atoms with Crippen LogP contribution in [0.25, 0.3) is 0 Å². The maximum atomic E-state index is 12.3. The summed E-state index contributed by atoms with van der Waals surface area (Å²) < 4.78 is 10.9. The Morgan fingerprint density at radius 3 is 2.81 bits per heavy atom. The number of carbonyl (C=O) groups excluding carboxylic acids is 1. The number of hydrazone groups is 1. The van der Waals surface area contributed by atoms with Crippen molar-refractivity contribution >= 4 is 35.5 Å². The van der Waals surface area contributed by atoms with Crippen molar-refractivity contribution in [3.63, 3.8) is 0 Å². The lowest BCUT2D eigenvalue weighted by atomic mass is 10.1. The SMILES string of the molecule is CCOc1c(/C=N\NC(=O)Cc2cc(Cl)ccc2SCC)cccc1OC. The van der Waals surface area contributed by atoms with Gasteiger partial charge in [-0.2, -0.15) is 5.10 Å². The third kappa shape index (κ3) is 6.19. The van der Waals surface area contributed by atoms with E-state index in [4.69, 9.17) is 21.1 Å². The van der Waals surface area contributed by atoms with Crippen LogP contribution in [0.3, 0.4) is 0 Å². The molecule has 2 aromatic carbocycles. The van der Waals surface area contributed by atoms with Gasteiger partial charge in [-0.15, -0.1) is 11.8 Å². The van der Waals surface area contributed by atoms with Gasteiger partial charge < -0.3 is 9.47 Å². The van der Waals surface area contributed by atoms with Crippen molar-refractivity contribution in [2.75, 3.05) is 19.5 Å². The van der Waals surface area contributed by atoms with E-state index < -0.39 is 0 Å². The van der Waals surface area contributed by atoms with Crippen molar-refractivity contribution in [1.29, 1.82) is 0 Å². The molecule has 1 amide bonds. The monoisotopic (exact) mass is 406 g/mol. The van der Waals surface area contributed by atoms with Gasteiger partial charge in [-0.1, -0.05) is 24.6 Å². The molecule has 144 valence electrons. The van der Waals surface area contributed by atoms with Crippen molar-refractivity contribution in [3.05, 3.63) is 52.5 Å². The highest BCUT2D eigenvalue weighted by molar-refractivity contribution is 7.99. The highest BCUT2D eigenvalue weighted by Gasteiger charge is 2.10. The van der Waals surface area contributed by atoms with Gasteiger partial charge >= 0.3 is 0 Å². The first-order valence-corrected chi connectivity index (χ1v) is 9.98. The summed E-state index contributed by atoms with van der Waals surface area (Å²) in [6.07, 6.45) is 1.75. The van der Waals surface area contributed by atoms with Gasteiger partial charge in [0.25, 0.3) is 0 Å². The number of nitrogens with one attached hydrogen (secondary N) is 1. The molecule has 5 nitrogen and oxygen atoms in total. The summed E-state index contributed by atoms with van der Waals surface area (Å²) in [5.41, 5.74) is 4.17. The lowest BCUT2D eigenvalue weighted by molar-refractivity contribution is -0.120. The first-order chi connectivity index (χ1) is 13.1. The van der Waals surface area contributed by atoms with Gasteiger partial charge in [0.1, 0.15) is 0 Å². The van der Waals surface area contributed by atoms with Crippen LogP contribution in [0.2, 0.25) is 5.02 Å². The van der Waals surface area contributed by atoms with Crippen LogP contribution in [0, 0.1) is 0 Å². The highest BCUT2D eigenvalue weighted by atomic mass is 35.5. The van der Waals surface area contributed by atoms with E-state index in [0.717, 1.165) is 21.8 Å². The largest absolute Gasteiger partial charge is 0.493 e. The third-order valence-corrected chi connectivity index (χ3v) is 4.82. The number of hydrogen-bond acceptors (Lipinski definition) is 5. The minimum absolute atomic E-state index is 0.205. The second-order valence-electron chi connectivity index (χ2n) is 5.47. The minimum Gasteiger partial charge on any atom is -0.493 e. The smallest absolute Gasteiger partial charge is 0.244 e. The Balaban J connectivity index is 2.07. The fourth-order valence-electron chi connectivity index (χ4n) is 2.46. The van der Waals surface area contributed by atoms with Crippen LogP contribution in [0.15, 0.2) is 46.4 Å². The zero-order chi connectivity index (χ0) is 19.6. The molecule has 0 aromatic heterocycles. The summed E-state index contributed by atoms with van der Waals surface area (Å²) in [6, 6.07) is 11.1. The number of halogens is 1. The number of ether oxygens (including phenoxy) is 2. The van der Waals surface area contributed by atoms with E-state index in [-0.39, 0.29) is 12.3 Å². The van der Waals surface area contributed by atoms with Crippen LogP contribution in [0.4, 0.5) is 0 Å². The molecule has 2 aromatic rings. The number of amides is 1. The van der Waals surface area contributed by atoms with Crippen molar-refractivity contribution in [2.45, 2.75) is 25.2 Å². The minimum atomic E-state index is -0.215. The average molecular weight is 407 g/mol. The molecule has 0 heterocycles. The zero-order valence-corrected chi connectivity index (χ0v) is 17.2. The van der Waals surface area contributed by atoms with Gasteiger partial charge in [0.05, 0.1) is 26.4 Å². The van der Waals surface area contributed by atoms with E-state index in [1.54, 1.807) is 25.1 Å². The van der Waals surface area contributed by atoms with E-state index in [1.807, 2.05) is 43.3 Å². The fourth-order valence-corrected chi connectivity index (χ4v) is 3.45. The van der Waals surface area contributed by atoms with Gasteiger partial charge in [-0.25, -0.2) is 5.43 Å². The molecule has 0 saturated heterocycles. The Kier molecular flexibility index (Phi) is 8.48. The van der Waals surface area contributed by atoms with E-state index in [1.165, 1.54) is 0 Å². The molecule has 2 rings (SSSR count). The Morgan fingerprint density at radius 2 is 2.11 bits per heavy atom. The summed E-state index contributed by atoms with van der Waals surface area (Å²) >= 11 is 7.74. The zero-order valence-electron chi connectivity index (χ0n) is 15.6. The number of nitrogens with zero attached hydrogens (tertiary/aromatic N) is 1. The summed E-state index contributed by atoms with van der Waals surface area (Å²) in [5.74, 6) is 1.92. The number of para-hydroxylation sites is 1. The molecular weight excluding hydrogens is 384 g/mol. The van der Waals surface area contributed by atoms with Gasteiger partial charge in [0, 0.05) is 15.5 Å². The van der Waals surface area contributed by atoms with Crippen LogP contribution in [-0.4, -0.2) is 31.6 Å². The summed E-state index contributed by atoms with van der Waals surface area (Å²) in [7, 11) is 1.58. The number of rotatable bonds is 9. The van der Waals surface area contributed by atoms with Crippen LogP contribution in [0.5, 0.6) is 11.5 Å². The number of methoxy groups -OCH3 is 1. The molecule has 0 aliphatic rings. The third-order valence-electron chi connectivity index (χ3n) is 3.58. The van der Waals surface area contributed by atoms with Crippen LogP contribution in [-0.2, 0) is 11.2 Å². The standard InChI is InChI=1S/C20H23ClN2O3S/c1-4-26-20-14(7-6-8-17(20)25-3)13-22-23-19(24)12-15-11-16(21)9-10-18(15)27-5-2/h6-11,13H,4-5,12H2,1-3H3,(H,23,24)/b22-13-. The van der Waals surface area contributed by atoms with E-state index in [9.17, 15) is 4.79 Å². The maximum absolute atomic E-state index is 12.3. The lowest BCUT2D eigenvalue weighted by Crippen LogP contribution is -2.20. The summed E-state index contributed by atoms with van der Waals surface area (Å²) in [6.45, 7) is 4.46. The normalized spacial score (nSPS) is 10.8.